The Balaban J connectivity index is 0.844. The van der Waals surface area contributed by atoms with Gasteiger partial charge in [0.25, 0.3) is 5.91 Å². The van der Waals surface area contributed by atoms with Crippen molar-refractivity contribution in [1.29, 1.82) is 0 Å². The van der Waals surface area contributed by atoms with Crippen molar-refractivity contribution in [2.24, 2.45) is 0 Å². The third-order valence-electron chi connectivity index (χ3n) is 8.77. The highest BCUT2D eigenvalue weighted by molar-refractivity contribution is 7.21. The van der Waals surface area contributed by atoms with Crippen molar-refractivity contribution < 1.29 is 28.6 Å². The highest BCUT2D eigenvalue weighted by Crippen LogP contribution is 2.35. The Morgan fingerprint density at radius 1 is 0.939 bits per heavy atom. The number of hydrogen-bond acceptors (Lipinski definition) is 10. The molecule has 5 heterocycles. The molecule has 3 amide bonds. The summed E-state index contributed by atoms with van der Waals surface area (Å²) in [7, 11) is 1.67. The van der Waals surface area contributed by atoms with Crippen molar-refractivity contribution in [3.8, 4) is 33.3 Å². The zero-order chi connectivity index (χ0) is 33.9. The summed E-state index contributed by atoms with van der Waals surface area (Å²) >= 11 is 1.63. The summed E-state index contributed by atoms with van der Waals surface area (Å²) in [6, 6.07) is 16.7. The fourth-order valence-electron chi connectivity index (χ4n) is 6.13. The van der Waals surface area contributed by atoms with Gasteiger partial charge in [-0.25, -0.2) is 4.98 Å². The second-order valence-electron chi connectivity index (χ2n) is 12.1. The van der Waals surface area contributed by atoms with Crippen LogP contribution in [0.4, 0.5) is 0 Å². The van der Waals surface area contributed by atoms with Gasteiger partial charge in [-0.1, -0.05) is 0 Å². The molecule has 0 spiro atoms. The third-order valence-corrected chi connectivity index (χ3v) is 9.82. The highest BCUT2D eigenvalue weighted by atomic mass is 32.1. The number of amides is 3. The molecule has 5 aromatic rings. The number of ether oxygens (including phenoxy) is 3. The molecule has 7 rings (SSSR count). The van der Waals surface area contributed by atoms with Crippen molar-refractivity contribution in [3.05, 3.63) is 89.4 Å². The summed E-state index contributed by atoms with van der Waals surface area (Å²) in [6.07, 6.45) is 5.93. The fourth-order valence-corrected chi connectivity index (χ4v) is 7.19. The van der Waals surface area contributed by atoms with E-state index in [0.29, 0.717) is 44.1 Å². The van der Waals surface area contributed by atoms with E-state index in [1.165, 1.54) is 4.90 Å². The number of nitrogens with one attached hydrogen (secondary N) is 1. The van der Waals surface area contributed by atoms with Crippen LogP contribution in [0.25, 0.3) is 32.0 Å². The number of fused-ring (bicyclic) bond motifs is 2. The Morgan fingerprint density at radius 3 is 2.61 bits per heavy atom. The Morgan fingerprint density at radius 2 is 1.82 bits per heavy atom. The molecule has 0 aliphatic carbocycles. The van der Waals surface area contributed by atoms with E-state index in [2.05, 4.69) is 29.4 Å². The SMILES string of the molecule is COc1ccc2nc(-c3cnc(-c4ccc(CCCOCCOc5ccc6c(c5)CN(C5CCC(=O)NC5=O)C6=O)nc4)cc3C)sc2c1. The van der Waals surface area contributed by atoms with Gasteiger partial charge in [-0.3, -0.25) is 29.7 Å². The number of pyridine rings is 2. The number of benzene rings is 2. The maximum Gasteiger partial charge on any atom is 0.255 e. The number of nitrogens with zero attached hydrogens (tertiary/aromatic N) is 4. The van der Waals surface area contributed by atoms with Crippen LogP contribution >= 0.6 is 11.3 Å². The number of hydrogen-bond donors (Lipinski definition) is 1. The number of piperidine rings is 1. The van der Waals surface area contributed by atoms with Gasteiger partial charge in [0.15, 0.2) is 0 Å². The van der Waals surface area contributed by atoms with Gasteiger partial charge in [0.05, 0.1) is 29.6 Å². The third kappa shape index (κ3) is 7.01. The van der Waals surface area contributed by atoms with Gasteiger partial charge in [0.2, 0.25) is 11.8 Å². The van der Waals surface area contributed by atoms with Crippen molar-refractivity contribution in [3.63, 3.8) is 0 Å². The van der Waals surface area contributed by atoms with Gasteiger partial charge in [-0.05, 0) is 91.9 Å². The molecule has 1 saturated heterocycles. The minimum atomic E-state index is -0.634. The molecule has 1 unspecified atom stereocenters. The second-order valence-corrected chi connectivity index (χ2v) is 13.1. The lowest BCUT2D eigenvalue weighted by molar-refractivity contribution is -0.136. The van der Waals surface area contributed by atoms with Gasteiger partial charge >= 0.3 is 0 Å². The van der Waals surface area contributed by atoms with Crippen LogP contribution in [0.15, 0.2) is 67.0 Å². The Kier molecular flexibility index (Phi) is 9.32. The summed E-state index contributed by atoms with van der Waals surface area (Å²) in [5.74, 6) is 0.536. The number of carbonyl (C=O) groups excluding carboxylic acids is 3. The van der Waals surface area contributed by atoms with Crippen LogP contribution in [0.1, 0.15) is 46.4 Å². The molecular formula is C37H35N5O6S. The lowest BCUT2D eigenvalue weighted by Crippen LogP contribution is -2.52. The first kappa shape index (κ1) is 32.4. The predicted octanol–water partition coefficient (Wildman–Crippen LogP) is 5.53. The molecule has 1 atom stereocenters. The minimum Gasteiger partial charge on any atom is -0.497 e. The molecular weight excluding hydrogens is 643 g/mol. The quantitative estimate of drug-likeness (QED) is 0.134. The van der Waals surface area contributed by atoms with Crippen LogP contribution in [-0.2, 0) is 27.3 Å². The fraction of sp³-hybridized carbons (Fsp3) is 0.297. The number of methoxy groups -OCH3 is 1. The van der Waals surface area contributed by atoms with E-state index in [4.69, 9.17) is 24.2 Å². The van der Waals surface area contributed by atoms with E-state index in [1.54, 1.807) is 30.6 Å². The smallest absolute Gasteiger partial charge is 0.255 e. The number of carbonyl (C=O) groups is 3. The molecule has 250 valence electrons. The first-order valence-electron chi connectivity index (χ1n) is 16.2. The summed E-state index contributed by atoms with van der Waals surface area (Å²) in [5.41, 5.74) is 7.24. The van der Waals surface area contributed by atoms with Gasteiger partial charge in [-0.15, -0.1) is 11.3 Å². The van der Waals surface area contributed by atoms with Crippen LogP contribution < -0.4 is 14.8 Å². The van der Waals surface area contributed by atoms with Crippen LogP contribution in [-0.4, -0.2) is 70.5 Å². The average Bonchev–Trinajstić information content (AvgIpc) is 3.68. The van der Waals surface area contributed by atoms with Gasteiger partial charge in [0.1, 0.15) is 29.2 Å². The Hall–Kier alpha value is -5.20. The molecule has 0 saturated carbocycles. The second kappa shape index (κ2) is 14.1. The summed E-state index contributed by atoms with van der Waals surface area (Å²) < 4.78 is 18.1. The number of aryl methyl sites for hydroxylation is 2. The monoisotopic (exact) mass is 677 g/mol. The lowest BCUT2D eigenvalue weighted by Gasteiger charge is -2.29. The average molecular weight is 678 g/mol. The highest BCUT2D eigenvalue weighted by Gasteiger charge is 2.39. The van der Waals surface area contributed by atoms with E-state index in [1.807, 2.05) is 42.7 Å². The molecule has 2 aromatic carbocycles. The van der Waals surface area contributed by atoms with Gasteiger partial charge < -0.3 is 19.1 Å². The van der Waals surface area contributed by atoms with Crippen LogP contribution in [0.3, 0.4) is 0 Å². The first-order chi connectivity index (χ1) is 23.9. The standard InChI is InChI=1S/C37H35N5O6S/c1-22-16-31(39-20-29(22)36-40-30-10-8-26(46-2)18-33(30)49-36)23-5-6-25(38-19-23)4-3-13-47-14-15-48-27-7-9-28-24(17-27)21-42(37(28)45)32-11-12-34(43)41-35(32)44/h5-10,16-20,32H,3-4,11-15,21H2,1-2H3,(H,41,43,44). The van der Waals surface area contributed by atoms with Crippen LogP contribution in [0, 0.1) is 6.92 Å². The predicted molar refractivity (Wildman–Crippen MR) is 184 cm³/mol. The summed E-state index contributed by atoms with van der Waals surface area (Å²) in [4.78, 5) is 52.3. The zero-order valence-electron chi connectivity index (χ0n) is 27.2. The maximum absolute atomic E-state index is 12.9. The zero-order valence-corrected chi connectivity index (χ0v) is 28.0. The largest absolute Gasteiger partial charge is 0.497 e. The van der Waals surface area contributed by atoms with E-state index < -0.39 is 11.9 Å². The molecule has 1 fully saturated rings. The normalized spacial score (nSPS) is 15.8. The molecule has 1 N–H and O–H groups in total. The lowest BCUT2D eigenvalue weighted by atomic mass is 10.0. The van der Waals surface area contributed by atoms with E-state index in [0.717, 1.165) is 67.5 Å². The first-order valence-corrected chi connectivity index (χ1v) is 17.0. The Bertz CT molecular complexity index is 2050. The molecule has 11 nitrogen and oxygen atoms in total. The molecule has 2 aliphatic heterocycles. The number of thiazole rings is 1. The van der Waals surface area contributed by atoms with Crippen molar-refractivity contribution in [2.45, 2.75) is 45.2 Å². The van der Waals surface area contributed by atoms with E-state index in [9.17, 15) is 14.4 Å². The topological polar surface area (TPSA) is 133 Å². The minimum absolute atomic E-state index is 0.201. The van der Waals surface area contributed by atoms with Crippen LogP contribution in [0.5, 0.6) is 11.5 Å². The molecule has 49 heavy (non-hydrogen) atoms. The summed E-state index contributed by atoms with van der Waals surface area (Å²) in [5, 5.41) is 3.26. The molecule has 3 aromatic heterocycles. The Labute approximate surface area is 287 Å². The molecule has 0 bridgehead atoms. The van der Waals surface area contributed by atoms with Crippen molar-refractivity contribution in [1.82, 2.24) is 25.2 Å². The van der Waals surface area contributed by atoms with Gasteiger partial charge in [-0.2, -0.15) is 0 Å². The van der Waals surface area contributed by atoms with E-state index >= 15 is 0 Å². The maximum atomic E-state index is 12.9. The number of imide groups is 1. The number of aromatic nitrogens is 3. The van der Waals surface area contributed by atoms with Crippen LogP contribution in [0.2, 0.25) is 0 Å². The molecule has 2 aliphatic rings. The molecule has 12 heteroatoms. The van der Waals surface area contributed by atoms with Crippen molar-refractivity contribution >= 4 is 39.3 Å². The number of rotatable bonds is 12. The van der Waals surface area contributed by atoms with Crippen molar-refractivity contribution in [2.75, 3.05) is 26.9 Å². The molecule has 0 radical (unpaired) electrons. The van der Waals surface area contributed by atoms with E-state index in [-0.39, 0.29) is 18.2 Å². The summed E-state index contributed by atoms with van der Waals surface area (Å²) in [6.45, 7) is 3.76. The van der Waals surface area contributed by atoms with Gasteiger partial charge in [0, 0.05) is 54.4 Å².